The smallest absolute Gasteiger partial charge is 1.00 e. The number of fused-ring (bicyclic) bond motifs is 1. The zero-order valence-corrected chi connectivity index (χ0v) is 8.46. The SMILES string of the molecule is Cc1ccc2c(c1)C([Si])C=C2.[H-].[Li+]. The van der Waals surface area contributed by atoms with Gasteiger partial charge in [0, 0.05) is 10.2 Å². The van der Waals surface area contributed by atoms with Crippen LogP contribution in [-0.4, -0.2) is 10.2 Å². The van der Waals surface area contributed by atoms with Crippen LogP contribution < -0.4 is 18.9 Å². The molecule has 55 valence electrons. The summed E-state index contributed by atoms with van der Waals surface area (Å²) in [4.78, 5) is 0. The van der Waals surface area contributed by atoms with Crippen LogP contribution in [0.25, 0.3) is 6.08 Å². The van der Waals surface area contributed by atoms with Gasteiger partial charge in [0.2, 0.25) is 0 Å². The molecule has 1 aromatic rings. The third kappa shape index (κ3) is 1.59. The molecule has 0 saturated heterocycles. The Morgan fingerprint density at radius 2 is 2.17 bits per heavy atom. The summed E-state index contributed by atoms with van der Waals surface area (Å²) in [6, 6.07) is 6.54. The van der Waals surface area contributed by atoms with Crippen molar-refractivity contribution in [3.63, 3.8) is 0 Å². The molecule has 12 heavy (non-hydrogen) atoms. The molecule has 0 fully saturated rings. The molecule has 0 aliphatic heterocycles. The molecule has 0 aromatic heterocycles. The van der Waals surface area contributed by atoms with Gasteiger partial charge in [-0.05, 0) is 23.6 Å². The molecule has 2 rings (SSSR count). The molecule has 0 heterocycles. The molecular weight excluding hydrogens is 155 g/mol. The second-order valence-corrected chi connectivity index (χ2v) is 3.59. The van der Waals surface area contributed by atoms with Crippen LogP contribution in [0.1, 0.15) is 23.7 Å². The number of benzene rings is 1. The van der Waals surface area contributed by atoms with E-state index in [9.17, 15) is 0 Å². The Bertz CT molecular complexity index is 323. The molecule has 1 aliphatic carbocycles. The monoisotopic (exact) mass is 165 g/mol. The summed E-state index contributed by atoms with van der Waals surface area (Å²) in [5, 5.41) is 0. The Labute approximate surface area is 90.1 Å². The van der Waals surface area contributed by atoms with Gasteiger partial charge in [-0.3, -0.25) is 0 Å². The summed E-state index contributed by atoms with van der Waals surface area (Å²) in [7, 11) is 3.63. The Hall–Kier alpha value is -0.226. The molecule has 2 heteroatoms. The molecule has 0 nitrogen and oxygen atoms in total. The summed E-state index contributed by atoms with van der Waals surface area (Å²) in [6.07, 6.45) is 4.33. The van der Waals surface area contributed by atoms with Crippen LogP contribution in [0.5, 0.6) is 0 Å². The first kappa shape index (κ1) is 9.86. The molecule has 0 spiro atoms. The van der Waals surface area contributed by atoms with Gasteiger partial charge in [-0.15, -0.1) is 0 Å². The number of allylic oxidation sites excluding steroid dienone is 1. The topological polar surface area (TPSA) is 0 Å². The van der Waals surface area contributed by atoms with Crippen molar-refractivity contribution < 1.29 is 20.3 Å². The zero-order valence-electron chi connectivity index (χ0n) is 8.46. The van der Waals surface area contributed by atoms with E-state index >= 15 is 0 Å². The maximum absolute atomic E-state index is 3.63. The first-order valence-corrected chi connectivity index (χ1v) is 4.35. The average molecular weight is 165 g/mol. The van der Waals surface area contributed by atoms with Crippen molar-refractivity contribution in [3.8, 4) is 0 Å². The van der Waals surface area contributed by atoms with Crippen molar-refractivity contribution >= 4 is 16.3 Å². The van der Waals surface area contributed by atoms with E-state index in [-0.39, 0.29) is 20.3 Å². The minimum atomic E-state index is 0. The first-order chi connectivity index (χ1) is 5.27. The van der Waals surface area contributed by atoms with Crippen LogP contribution >= 0.6 is 0 Å². The van der Waals surface area contributed by atoms with Gasteiger partial charge in [-0.1, -0.05) is 35.9 Å². The van der Waals surface area contributed by atoms with Gasteiger partial charge in [0.15, 0.2) is 0 Å². The summed E-state index contributed by atoms with van der Waals surface area (Å²) in [5.41, 5.74) is 4.48. The fourth-order valence-electron chi connectivity index (χ4n) is 1.42. The second-order valence-electron chi connectivity index (χ2n) is 2.97. The van der Waals surface area contributed by atoms with Gasteiger partial charge in [0.1, 0.15) is 0 Å². The Balaban J connectivity index is 0.000000720. The molecular formula is C10H10LiSi. The molecule has 3 radical (unpaired) electrons. The Morgan fingerprint density at radius 1 is 1.42 bits per heavy atom. The number of hydrogen-bond donors (Lipinski definition) is 0. The zero-order chi connectivity index (χ0) is 7.84. The largest absolute Gasteiger partial charge is 1.00 e. The summed E-state index contributed by atoms with van der Waals surface area (Å²) in [6.45, 7) is 2.12. The molecule has 1 unspecified atom stereocenters. The van der Waals surface area contributed by atoms with E-state index in [1.54, 1.807) is 0 Å². The molecule has 0 bridgehead atoms. The molecule has 1 aromatic carbocycles. The van der Waals surface area contributed by atoms with Crippen LogP contribution in [0.2, 0.25) is 0 Å². The van der Waals surface area contributed by atoms with Crippen molar-refractivity contribution in [2.75, 3.05) is 0 Å². The maximum Gasteiger partial charge on any atom is 1.00 e. The van der Waals surface area contributed by atoms with E-state index in [0.29, 0.717) is 5.54 Å². The maximum atomic E-state index is 3.63. The molecule has 0 N–H and O–H groups in total. The quantitative estimate of drug-likeness (QED) is 0.448. The normalized spacial score (nSPS) is 18.7. The number of aryl methyl sites for hydroxylation is 1. The van der Waals surface area contributed by atoms with Crippen molar-refractivity contribution in [1.82, 2.24) is 0 Å². The third-order valence-electron chi connectivity index (χ3n) is 2.05. The third-order valence-corrected chi connectivity index (χ3v) is 2.55. The Morgan fingerprint density at radius 3 is 2.92 bits per heavy atom. The fourth-order valence-corrected chi connectivity index (χ4v) is 1.77. The van der Waals surface area contributed by atoms with E-state index in [2.05, 4.69) is 47.5 Å². The van der Waals surface area contributed by atoms with Gasteiger partial charge >= 0.3 is 18.9 Å². The van der Waals surface area contributed by atoms with Crippen molar-refractivity contribution in [2.24, 2.45) is 0 Å². The van der Waals surface area contributed by atoms with E-state index in [0.717, 1.165) is 0 Å². The fraction of sp³-hybridized carbons (Fsp3) is 0.200. The summed E-state index contributed by atoms with van der Waals surface area (Å²) < 4.78 is 0. The van der Waals surface area contributed by atoms with Crippen molar-refractivity contribution in [1.29, 1.82) is 0 Å². The van der Waals surface area contributed by atoms with Gasteiger partial charge in [-0.25, -0.2) is 0 Å². The van der Waals surface area contributed by atoms with Crippen molar-refractivity contribution in [3.05, 3.63) is 41.0 Å². The minimum Gasteiger partial charge on any atom is -1.00 e. The number of hydrogen-bond acceptors (Lipinski definition) is 0. The van der Waals surface area contributed by atoms with E-state index in [1.807, 2.05) is 0 Å². The van der Waals surface area contributed by atoms with Crippen molar-refractivity contribution in [2.45, 2.75) is 12.5 Å². The Kier molecular flexibility index (Phi) is 3.01. The average Bonchev–Trinajstić information content (AvgIpc) is 2.33. The molecule has 0 amide bonds. The van der Waals surface area contributed by atoms with E-state index < -0.39 is 0 Å². The predicted molar refractivity (Wildman–Crippen MR) is 49.8 cm³/mol. The second kappa shape index (κ2) is 3.66. The van der Waals surface area contributed by atoms with E-state index in [4.69, 9.17) is 0 Å². The number of rotatable bonds is 0. The van der Waals surface area contributed by atoms with Crippen LogP contribution in [0.3, 0.4) is 0 Å². The van der Waals surface area contributed by atoms with Crippen LogP contribution in [0.15, 0.2) is 24.3 Å². The van der Waals surface area contributed by atoms with Crippen LogP contribution in [0.4, 0.5) is 0 Å². The molecule has 1 atom stereocenters. The van der Waals surface area contributed by atoms with Gasteiger partial charge in [-0.2, -0.15) is 0 Å². The van der Waals surface area contributed by atoms with E-state index in [1.165, 1.54) is 16.7 Å². The summed E-state index contributed by atoms with van der Waals surface area (Å²) >= 11 is 0. The van der Waals surface area contributed by atoms with Gasteiger partial charge < -0.3 is 1.43 Å². The van der Waals surface area contributed by atoms with Gasteiger partial charge in [0.25, 0.3) is 0 Å². The predicted octanol–water partition coefficient (Wildman–Crippen LogP) is -0.652. The standard InChI is InChI=1S/C10H9Si.Li.H/c1-7-2-3-8-4-5-10(11)9(8)6-7;;/h2-6,10H,1H3;;/q;+1;-1. The molecule has 0 saturated carbocycles. The van der Waals surface area contributed by atoms with Gasteiger partial charge in [0.05, 0.1) is 0 Å². The van der Waals surface area contributed by atoms with Crippen LogP contribution in [-0.2, 0) is 0 Å². The minimum absolute atomic E-state index is 0. The summed E-state index contributed by atoms with van der Waals surface area (Å²) in [5.74, 6) is 0. The molecule has 1 aliphatic rings. The van der Waals surface area contributed by atoms with Crippen LogP contribution in [0, 0.1) is 6.92 Å². The first-order valence-electron chi connectivity index (χ1n) is 3.77.